The van der Waals surface area contributed by atoms with Gasteiger partial charge in [-0.1, -0.05) is 6.42 Å². The van der Waals surface area contributed by atoms with Gasteiger partial charge in [0.15, 0.2) is 0 Å². The number of nitrogens with one attached hydrogen (secondary N) is 2. The fraction of sp³-hybridized carbons (Fsp3) is 0.533. The molecule has 0 atom stereocenters. The van der Waals surface area contributed by atoms with Gasteiger partial charge in [-0.3, -0.25) is 20.3 Å². The van der Waals surface area contributed by atoms with Gasteiger partial charge in [0.2, 0.25) is 0 Å². The van der Waals surface area contributed by atoms with Crippen molar-refractivity contribution >= 4 is 17.3 Å². The lowest BCUT2D eigenvalue weighted by molar-refractivity contribution is -0.384. The zero-order valence-electron chi connectivity index (χ0n) is 12.4. The van der Waals surface area contributed by atoms with Crippen LogP contribution in [-0.2, 0) is 0 Å². The molecule has 118 valence electrons. The second-order valence-corrected chi connectivity index (χ2v) is 5.90. The fourth-order valence-electron chi connectivity index (χ4n) is 2.61. The van der Waals surface area contributed by atoms with E-state index in [1.165, 1.54) is 12.5 Å². The number of nitro benzene ring substituents is 1. The minimum atomic E-state index is -0.442. The summed E-state index contributed by atoms with van der Waals surface area (Å²) in [7, 11) is 0. The molecule has 22 heavy (non-hydrogen) atoms. The Morgan fingerprint density at radius 2 is 1.95 bits per heavy atom. The maximum Gasteiger partial charge on any atom is 0.293 e. The zero-order valence-corrected chi connectivity index (χ0v) is 12.4. The van der Waals surface area contributed by atoms with Gasteiger partial charge in [0.25, 0.3) is 11.6 Å². The van der Waals surface area contributed by atoms with Crippen molar-refractivity contribution in [2.75, 3.05) is 18.4 Å². The topological polar surface area (TPSA) is 87.5 Å². The van der Waals surface area contributed by atoms with Gasteiger partial charge >= 0.3 is 0 Å². The predicted molar refractivity (Wildman–Crippen MR) is 82.6 cm³/mol. The molecule has 1 aromatic carbocycles. The molecule has 1 aromatic rings. The summed E-state index contributed by atoms with van der Waals surface area (Å²) in [6, 6.07) is 4.94. The minimum Gasteiger partial charge on any atom is -0.377 e. The first kappa shape index (κ1) is 14.8. The Labute approximate surface area is 128 Å². The van der Waals surface area contributed by atoms with Crippen LogP contribution >= 0.6 is 0 Å². The lowest BCUT2D eigenvalue weighted by atomic mass is 10.1. The maximum atomic E-state index is 12.2. The second-order valence-electron chi connectivity index (χ2n) is 5.90. The van der Waals surface area contributed by atoms with Crippen molar-refractivity contribution < 1.29 is 9.72 Å². The molecule has 7 nitrogen and oxygen atoms in total. The first-order valence-corrected chi connectivity index (χ1v) is 7.74. The van der Waals surface area contributed by atoms with Crippen molar-refractivity contribution in [3.05, 3.63) is 33.9 Å². The molecule has 1 aliphatic heterocycles. The third-order valence-corrected chi connectivity index (χ3v) is 4.01. The number of hydrazine groups is 1. The van der Waals surface area contributed by atoms with Crippen LogP contribution in [0.1, 0.15) is 42.5 Å². The molecule has 2 fully saturated rings. The Hall–Kier alpha value is -2.15. The summed E-state index contributed by atoms with van der Waals surface area (Å²) in [5.41, 5.74) is 3.59. The van der Waals surface area contributed by atoms with Crippen molar-refractivity contribution in [3.8, 4) is 0 Å². The Bertz CT molecular complexity index is 580. The monoisotopic (exact) mass is 304 g/mol. The van der Waals surface area contributed by atoms with E-state index >= 15 is 0 Å². The molecule has 2 aliphatic rings. The highest BCUT2D eigenvalue weighted by atomic mass is 16.6. The van der Waals surface area contributed by atoms with E-state index in [1.807, 2.05) is 5.01 Å². The SMILES string of the molecule is O=C(NN1CCCCC1)c1ccc(NC2CC2)c([N+](=O)[O-])c1. The number of hydrogen-bond donors (Lipinski definition) is 2. The van der Waals surface area contributed by atoms with E-state index in [0.717, 1.165) is 38.8 Å². The van der Waals surface area contributed by atoms with Crippen molar-refractivity contribution in [2.45, 2.75) is 38.1 Å². The molecule has 1 heterocycles. The molecule has 3 rings (SSSR count). The summed E-state index contributed by atoms with van der Waals surface area (Å²) in [6.07, 6.45) is 5.37. The van der Waals surface area contributed by atoms with E-state index in [4.69, 9.17) is 0 Å². The number of carbonyl (C=O) groups is 1. The Morgan fingerprint density at radius 1 is 1.23 bits per heavy atom. The molecule has 1 saturated carbocycles. The van der Waals surface area contributed by atoms with Crippen LogP contribution in [0, 0.1) is 10.1 Å². The van der Waals surface area contributed by atoms with Crippen LogP contribution in [0.4, 0.5) is 11.4 Å². The van der Waals surface area contributed by atoms with E-state index in [2.05, 4.69) is 10.7 Å². The lowest BCUT2D eigenvalue weighted by Crippen LogP contribution is -2.45. The molecule has 1 aliphatic carbocycles. The Kier molecular flexibility index (Phi) is 4.24. The van der Waals surface area contributed by atoms with Crippen LogP contribution in [0.5, 0.6) is 0 Å². The van der Waals surface area contributed by atoms with Crippen LogP contribution in [0.15, 0.2) is 18.2 Å². The number of piperidine rings is 1. The van der Waals surface area contributed by atoms with Crippen molar-refractivity contribution in [1.82, 2.24) is 10.4 Å². The van der Waals surface area contributed by atoms with Crippen molar-refractivity contribution in [3.63, 3.8) is 0 Å². The molecule has 1 amide bonds. The van der Waals surface area contributed by atoms with Crippen LogP contribution in [-0.4, -0.2) is 35.0 Å². The summed E-state index contributed by atoms with van der Waals surface area (Å²) in [5.74, 6) is -0.289. The number of carbonyl (C=O) groups excluding carboxylic acids is 1. The summed E-state index contributed by atoms with van der Waals surface area (Å²) < 4.78 is 0. The molecule has 2 N–H and O–H groups in total. The molecule has 1 saturated heterocycles. The molecule has 0 aromatic heterocycles. The highest BCUT2D eigenvalue weighted by molar-refractivity contribution is 5.95. The quantitative estimate of drug-likeness (QED) is 0.644. The normalized spacial score (nSPS) is 18.7. The number of benzene rings is 1. The number of hydrogen-bond acceptors (Lipinski definition) is 5. The van der Waals surface area contributed by atoms with Crippen LogP contribution in [0.3, 0.4) is 0 Å². The van der Waals surface area contributed by atoms with Crippen LogP contribution in [0.25, 0.3) is 0 Å². The van der Waals surface area contributed by atoms with Crippen molar-refractivity contribution in [2.24, 2.45) is 0 Å². The zero-order chi connectivity index (χ0) is 15.5. The number of anilines is 1. The highest BCUT2D eigenvalue weighted by Crippen LogP contribution is 2.31. The van der Waals surface area contributed by atoms with Gasteiger partial charge < -0.3 is 5.32 Å². The smallest absolute Gasteiger partial charge is 0.293 e. The van der Waals surface area contributed by atoms with Gasteiger partial charge in [0.05, 0.1) is 4.92 Å². The Morgan fingerprint density at radius 3 is 2.59 bits per heavy atom. The largest absolute Gasteiger partial charge is 0.377 e. The lowest BCUT2D eigenvalue weighted by Gasteiger charge is -2.26. The van der Waals surface area contributed by atoms with Gasteiger partial charge in [-0.25, -0.2) is 5.01 Å². The highest BCUT2D eigenvalue weighted by Gasteiger charge is 2.26. The number of amides is 1. The number of nitrogens with zero attached hydrogens (tertiary/aromatic N) is 2. The van der Waals surface area contributed by atoms with Crippen LogP contribution < -0.4 is 10.7 Å². The van der Waals surface area contributed by atoms with Gasteiger partial charge in [-0.2, -0.15) is 0 Å². The third kappa shape index (κ3) is 3.54. The summed E-state index contributed by atoms with van der Waals surface area (Å²) in [4.78, 5) is 23.0. The Balaban J connectivity index is 1.73. The maximum absolute atomic E-state index is 12.2. The molecule has 0 spiro atoms. The summed E-state index contributed by atoms with van der Waals surface area (Å²) >= 11 is 0. The standard InChI is InChI=1S/C15H20N4O3/c20-15(17-18-8-2-1-3-9-18)11-4-7-13(16-12-5-6-12)14(10-11)19(21)22/h4,7,10,12,16H,1-3,5-6,8-9H2,(H,17,20). The van der Waals surface area contributed by atoms with E-state index in [0.29, 0.717) is 17.3 Å². The van der Waals surface area contributed by atoms with E-state index in [9.17, 15) is 14.9 Å². The molecule has 0 bridgehead atoms. The minimum absolute atomic E-state index is 0.0433. The second kappa shape index (κ2) is 6.31. The molecule has 7 heteroatoms. The van der Waals surface area contributed by atoms with Crippen molar-refractivity contribution in [1.29, 1.82) is 0 Å². The number of rotatable bonds is 5. The molecular formula is C15H20N4O3. The van der Waals surface area contributed by atoms with E-state index in [-0.39, 0.29) is 11.6 Å². The molecule has 0 radical (unpaired) electrons. The summed E-state index contributed by atoms with van der Waals surface area (Å²) in [6.45, 7) is 1.66. The van der Waals surface area contributed by atoms with E-state index < -0.39 is 4.92 Å². The third-order valence-electron chi connectivity index (χ3n) is 4.01. The predicted octanol–water partition coefficient (Wildman–Crippen LogP) is 2.30. The van der Waals surface area contributed by atoms with Gasteiger partial charge in [-0.05, 0) is 37.8 Å². The number of nitro groups is 1. The average molecular weight is 304 g/mol. The summed E-state index contributed by atoms with van der Waals surface area (Å²) in [5, 5.41) is 16.2. The van der Waals surface area contributed by atoms with Crippen LogP contribution in [0.2, 0.25) is 0 Å². The van der Waals surface area contributed by atoms with Gasteiger partial charge in [0, 0.05) is 30.8 Å². The average Bonchev–Trinajstić information content (AvgIpc) is 3.32. The first-order valence-electron chi connectivity index (χ1n) is 7.74. The van der Waals surface area contributed by atoms with E-state index in [1.54, 1.807) is 12.1 Å². The fourth-order valence-corrected chi connectivity index (χ4v) is 2.61. The van der Waals surface area contributed by atoms with Gasteiger partial charge in [-0.15, -0.1) is 0 Å². The first-order chi connectivity index (χ1) is 10.6. The molecule has 0 unspecified atom stereocenters. The molecular weight excluding hydrogens is 284 g/mol. The van der Waals surface area contributed by atoms with Gasteiger partial charge in [0.1, 0.15) is 5.69 Å².